The van der Waals surface area contributed by atoms with Crippen LogP contribution in [0.5, 0.6) is 0 Å². The van der Waals surface area contributed by atoms with Gasteiger partial charge in [-0.25, -0.2) is 4.98 Å². The van der Waals surface area contributed by atoms with Gasteiger partial charge in [0.15, 0.2) is 11.4 Å². The zero-order valence-electron chi connectivity index (χ0n) is 32.5. The number of furan rings is 1. The van der Waals surface area contributed by atoms with Gasteiger partial charge in [0.1, 0.15) is 11.3 Å². The smallest absolute Gasteiger partial charge is 0.164 e. The van der Waals surface area contributed by atoms with E-state index >= 15 is 0 Å². The van der Waals surface area contributed by atoms with Gasteiger partial charge in [-0.1, -0.05) is 111 Å². The number of allylic oxidation sites excluding steroid dienone is 2. The number of hydrogen-bond acceptors (Lipinski definition) is 5. The molecule has 0 saturated carbocycles. The van der Waals surface area contributed by atoms with Crippen LogP contribution in [0.4, 0.5) is 0 Å². The molecule has 5 rings (SSSR count). The number of benzene rings is 2. The Balaban J connectivity index is 0.000000335. The molecule has 0 atom stereocenters. The predicted molar refractivity (Wildman–Crippen MR) is 209 cm³/mol. The van der Waals surface area contributed by atoms with E-state index in [-0.39, 0.29) is 47.9 Å². The molecule has 0 amide bonds. The van der Waals surface area contributed by atoms with E-state index in [1.165, 1.54) is 17.0 Å². The van der Waals surface area contributed by atoms with Gasteiger partial charge in [-0.05, 0) is 67.2 Å². The fourth-order valence-electron chi connectivity index (χ4n) is 6.12. The largest absolute Gasteiger partial charge is 0.512 e. The van der Waals surface area contributed by atoms with Crippen LogP contribution in [-0.4, -0.2) is 20.9 Å². The zero-order chi connectivity index (χ0) is 36.9. The zero-order valence-corrected chi connectivity index (χ0v) is 34.9. The van der Waals surface area contributed by atoms with Crippen LogP contribution in [0.1, 0.15) is 113 Å². The van der Waals surface area contributed by atoms with Gasteiger partial charge in [-0.2, -0.15) is 0 Å². The maximum absolute atomic E-state index is 12.2. The average Bonchev–Trinajstić information content (AvgIpc) is 3.51. The molecule has 0 aliphatic heterocycles. The number of aliphatic hydroxyl groups is 1. The third-order valence-corrected chi connectivity index (χ3v) is 10.6. The van der Waals surface area contributed by atoms with Crippen LogP contribution < -0.4 is 0 Å². The first-order valence-electron chi connectivity index (χ1n) is 18.3. The fraction of sp³-hybridized carbons (Fsp3) is 0.444. The molecule has 0 unspecified atom stereocenters. The summed E-state index contributed by atoms with van der Waals surface area (Å²) < 4.78 is 5.74. The molecule has 6 heteroatoms. The number of aliphatic hydroxyl groups excluding tert-OH is 1. The molecule has 3 heterocycles. The van der Waals surface area contributed by atoms with Crippen molar-refractivity contribution in [1.29, 1.82) is 0 Å². The van der Waals surface area contributed by atoms with Gasteiger partial charge in [-0.3, -0.25) is 9.78 Å². The summed E-state index contributed by atoms with van der Waals surface area (Å²) in [5, 5.41) is 12.5. The molecule has 2 aromatic carbocycles. The van der Waals surface area contributed by atoms with E-state index < -0.39 is 0 Å². The van der Waals surface area contributed by atoms with Crippen LogP contribution in [-0.2, 0) is 36.7 Å². The Labute approximate surface area is 319 Å². The Hall–Kier alpha value is -3.60. The molecular formula is C45H57IrN2O3-. The summed E-state index contributed by atoms with van der Waals surface area (Å²) in [5.74, 6) is 0.831. The minimum Gasteiger partial charge on any atom is -0.512 e. The van der Waals surface area contributed by atoms with Crippen LogP contribution in [0.3, 0.4) is 0 Å². The van der Waals surface area contributed by atoms with Crippen LogP contribution in [0.25, 0.3) is 44.4 Å². The molecular weight excluding hydrogens is 809 g/mol. The maximum Gasteiger partial charge on any atom is 0.164 e. The summed E-state index contributed by atoms with van der Waals surface area (Å²) in [6, 6.07) is 22.5. The molecule has 1 radical (unpaired) electrons. The van der Waals surface area contributed by atoms with Crippen LogP contribution >= 0.6 is 0 Å². The van der Waals surface area contributed by atoms with E-state index in [1.807, 2.05) is 72.2 Å². The number of rotatable bonds is 11. The predicted octanol–water partition coefficient (Wildman–Crippen LogP) is 12.7. The van der Waals surface area contributed by atoms with Crippen molar-refractivity contribution in [2.45, 2.75) is 114 Å². The van der Waals surface area contributed by atoms with Gasteiger partial charge in [-0.15, -0.1) is 29.1 Å². The monoisotopic (exact) mass is 866 g/mol. The summed E-state index contributed by atoms with van der Waals surface area (Å²) in [6.07, 6.45) is 9.41. The second kappa shape index (κ2) is 17.3. The molecule has 0 aliphatic rings. The molecule has 5 nitrogen and oxygen atoms in total. The van der Waals surface area contributed by atoms with E-state index in [4.69, 9.17) is 14.4 Å². The molecule has 1 N–H and O–H groups in total. The number of ketones is 1. The number of pyridine rings is 2. The molecule has 3 aromatic heterocycles. The van der Waals surface area contributed by atoms with E-state index in [1.54, 1.807) is 0 Å². The Morgan fingerprint density at radius 2 is 1.53 bits per heavy atom. The third kappa shape index (κ3) is 9.64. The van der Waals surface area contributed by atoms with Crippen molar-refractivity contribution >= 4 is 27.7 Å². The van der Waals surface area contributed by atoms with Gasteiger partial charge in [0.25, 0.3) is 0 Å². The second-order valence-corrected chi connectivity index (χ2v) is 15.7. The number of carbonyl (C=O) groups is 1. The number of carbonyl (C=O) groups excluding carboxylic acids is 1. The summed E-state index contributed by atoms with van der Waals surface area (Å²) in [6.45, 7) is 23.3. The summed E-state index contributed by atoms with van der Waals surface area (Å²) in [5.41, 5.74) is 7.53. The van der Waals surface area contributed by atoms with Crippen molar-refractivity contribution in [1.82, 2.24) is 9.97 Å². The SMILES string of the molecule is CC(C)Cc1coc2ccc(-c3ccnc(-c4[c-]c5ccccc5c(C(C)(C)C)c4)c3)nc12.CCC(C)(CC)C(=O)/C=C(\O)C(C)(CC)CC.[Ir]. The van der Waals surface area contributed by atoms with Gasteiger partial charge in [0.2, 0.25) is 0 Å². The van der Waals surface area contributed by atoms with E-state index in [9.17, 15) is 9.90 Å². The van der Waals surface area contributed by atoms with Crippen LogP contribution in [0.2, 0.25) is 0 Å². The Morgan fingerprint density at radius 1 is 0.882 bits per heavy atom. The Bertz CT molecular complexity index is 1960. The minimum absolute atomic E-state index is 0. The van der Waals surface area contributed by atoms with Gasteiger partial charge in [0, 0.05) is 54.5 Å². The van der Waals surface area contributed by atoms with Crippen molar-refractivity contribution in [2.75, 3.05) is 0 Å². The minimum atomic E-state index is -0.337. The van der Waals surface area contributed by atoms with Crippen LogP contribution in [0.15, 0.2) is 83.3 Å². The molecule has 0 spiro atoms. The van der Waals surface area contributed by atoms with E-state index in [2.05, 4.69) is 77.1 Å². The van der Waals surface area contributed by atoms with Crippen LogP contribution in [0, 0.1) is 22.8 Å². The fourth-order valence-corrected chi connectivity index (χ4v) is 6.12. The van der Waals surface area contributed by atoms with Crippen molar-refractivity contribution in [3.63, 3.8) is 0 Å². The second-order valence-electron chi connectivity index (χ2n) is 15.7. The third-order valence-electron chi connectivity index (χ3n) is 10.6. The molecule has 0 bridgehead atoms. The Morgan fingerprint density at radius 3 is 2.14 bits per heavy atom. The first kappa shape index (κ1) is 41.8. The Kier molecular flexibility index (Phi) is 14.2. The molecule has 0 saturated heterocycles. The number of fused-ring (bicyclic) bond motifs is 2. The van der Waals surface area contributed by atoms with Crippen molar-refractivity contribution in [3.05, 3.63) is 96.1 Å². The number of hydrogen-bond donors (Lipinski definition) is 1. The first-order chi connectivity index (χ1) is 23.6. The van der Waals surface area contributed by atoms with Crippen molar-refractivity contribution < 1.29 is 34.4 Å². The number of nitrogens with zero attached hydrogens (tertiary/aromatic N) is 2. The molecule has 51 heavy (non-hydrogen) atoms. The molecule has 0 fully saturated rings. The van der Waals surface area contributed by atoms with Crippen molar-refractivity contribution in [2.24, 2.45) is 16.7 Å². The molecule has 275 valence electrons. The van der Waals surface area contributed by atoms with Gasteiger partial charge >= 0.3 is 0 Å². The topological polar surface area (TPSA) is 76.2 Å². The van der Waals surface area contributed by atoms with Gasteiger partial charge < -0.3 is 9.52 Å². The summed E-state index contributed by atoms with van der Waals surface area (Å²) in [7, 11) is 0. The molecule has 5 aromatic rings. The van der Waals surface area contributed by atoms with Gasteiger partial charge in [0.05, 0.1) is 12.0 Å². The van der Waals surface area contributed by atoms with E-state index in [0.717, 1.165) is 76.7 Å². The molecule has 0 aliphatic carbocycles. The summed E-state index contributed by atoms with van der Waals surface area (Å²) in [4.78, 5) is 21.8. The van der Waals surface area contributed by atoms with E-state index in [0.29, 0.717) is 5.92 Å². The standard InChI is InChI=1S/C30H29N2O.C15H28O2.Ir/c1-19(2)14-23-18-33-28-11-10-26(32-29(23)28)21-12-13-31-27(17-21)22-15-20-8-6-7-9-24(20)25(16-22)30(3,4)5;1-7-14(5,8-2)12(16)11-13(17)15(6,9-3)10-4;/h6-13,16-19H,14H2,1-5H3;11,16H,7-10H2,1-6H3;/q-1;;/b;12-11-;. The quantitative estimate of drug-likeness (QED) is 0.0813. The normalized spacial score (nSPS) is 12.5. The number of aromatic nitrogens is 2. The average molecular weight is 866 g/mol. The van der Waals surface area contributed by atoms with Crippen molar-refractivity contribution in [3.8, 4) is 22.5 Å². The first-order valence-corrected chi connectivity index (χ1v) is 18.3. The maximum atomic E-state index is 12.2. The summed E-state index contributed by atoms with van der Waals surface area (Å²) >= 11 is 0.